The van der Waals surface area contributed by atoms with Crippen molar-refractivity contribution < 1.29 is 14.9 Å². The van der Waals surface area contributed by atoms with Crippen LogP contribution in [0, 0.1) is 0 Å². The van der Waals surface area contributed by atoms with Gasteiger partial charge in [-0.05, 0) is 60.3 Å². The number of fused-ring (bicyclic) bond motifs is 3. The van der Waals surface area contributed by atoms with E-state index in [0.29, 0.717) is 19.4 Å². The zero-order chi connectivity index (χ0) is 21.2. The number of phenols is 1. The first-order chi connectivity index (χ1) is 15.0. The van der Waals surface area contributed by atoms with Gasteiger partial charge in [0.15, 0.2) is 0 Å². The second kappa shape index (κ2) is 8.71. The molecule has 3 atom stereocenters. The zero-order valence-corrected chi connectivity index (χ0v) is 20.3. The second-order valence-electron chi connectivity index (χ2n) is 9.49. The Bertz CT molecular complexity index is 1190. The Balaban J connectivity index is 0.00000130. The molecule has 176 valence electrons. The summed E-state index contributed by atoms with van der Waals surface area (Å²) in [7, 11) is 1.73. The first-order valence-electron chi connectivity index (χ1n) is 11.2. The average Bonchev–Trinajstić information content (AvgIpc) is 2.76. The monoisotopic (exact) mass is 488 g/mol. The molecule has 2 N–H and O–H groups in total. The van der Waals surface area contributed by atoms with Gasteiger partial charge in [0.1, 0.15) is 5.75 Å². The molecule has 0 unspecified atom stereocenters. The molecular formula is C26H30Cl2N2O3. The number of aromatic hydroxyl groups is 1. The predicted molar refractivity (Wildman–Crippen MR) is 134 cm³/mol. The first kappa shape index (κ1) is 24.2. The van der Waals surface area contributed by atoms with Gasteiger partial charge >= 0.3 is 0 Å². The number of ether oxygens (including phenoxy) is 1. The van der Waals surface area contributed by atoms with E-state index in [-0.39, 0.29) is 36.6 Å². The van der Waals surface area contributed by atoms with E-state index in [9.17, 15) is 10.2 Å². The number of phenolic OH excluding ortho intramolecular Hbond substituents is 1. The number of benzene rings is 2. The Morgan fingerprint density at radius 1 is 1.09 bits per heavy atom. The molecular weight excluding hydrogens is 459 g/mol. The van der Waals surface area contributed by atoms with E-state index < -0.39 is 11.0 Å². The molecule has 0 radical (unpaired) electrons. The first-order valence-corrected chi connectivity index (χ1v) is 11.2. The van der Waals surface area contributed by atoms with Crippen LogP contribution in [0.25, 0.3) is 10.9 Å². The predicted octanol–water partition coefficient (Wildman–Crippen LogP) is 3.83. The summed E-state index contributed by atoms with van der Waals surface area (Å²) in [5.41, 5.74) is 4.25. The van der Waals surface area contributed by atoms with Gasteiger partial charge in [0.25, 0.3) is 0 Å². The highest BCUT2D eigenvalue weighted by molar-refractivity contribution is 5.85. The van der Waals surface area contributed by atoms with Crippen molar-refractivity contribution in [3.8, 4) is 5.75 Å². The fraction of sp³-hybridized carbons (Fsp3) is 0.423. The van der Waals surface area contributed by atoms with Crippen molar-refractivity contribution in [3.63, 3.8) is 0 Å². The molecule has 1 fully saturated rings. The van der Waals surface area contributed by atoms with E-state index in [4.69, 9.17) is 9.72 Å². The lowest BCUT2D eigenvalue weighted by Gasteiger charge is -2.63. The lowest BCUT2D eigenvalue weighted by molar-refractivity contribution is -0.153. The van der Waals surface area contributed by atoms with Gasteiger partial charge in [-0.1, -0.05) is 24.3 Å². The number of para-hydroxylation sites is 1. The highest BCUT2D eigenvalue weighted by atomic mass is 35.5. The molecule has 1 aliphatic heterocycles. The van der Waals surface area contributed by atoms with E-state index in [1.807, 2.05) is 24.3 Å². The van der Waals surface area contributed by atoms with Crippen molar-refractivity contribution in [1.82, 2.24) is 9.88 Å². The number of nitrogens with zero attached hydrogens (tertiary/aromatic N) is 2. The standard InChI is InChI=1S/C26H28N2O3.2ClH/c1-31-11-10-28-9-8-25-16-23-19(12-18-4-2-3-5-22(18)27-23)15-26(25,30)24(28)13-17-6-7-20(29)14-21(17)25;;/h2-7,12,14,24,29-30H,8-11,13,15-16H2,1H3;2*1H/t24-,25-,26-;;/m1../s1. The van der Waals surface area contributed by atoms with Crippen LogP contribution in [0.2, 0.25) is 0 Å². The van der Waals surface area contributed by atoms with Crippen LogP contribution in [0.3, 0.4) is 0 Å². The summed E-state index contributed by atoms with van der Waals surface area (Å²) in [6.45, 7) is 2.38. The third-order valence-electron chi connectivity index (χ3n) is 8.07. The van der Waals surface area contributed by atoms with E-state index in [0.717, 1.165) is 53.7 Å². The molecule has 0 saturated carbocycles. The quantitative estimate of drug-likeness (QED) is 0.586. The molecule has 0 amide bonds. The minimum Gasteiger partial charge on any atom is -0.508 e. The maximum absolute atomic E-state index is 12.5. The summed E-state index contributed by atoms with van der Waals surface area (Å²) in [5, 5.41) is 24.0. The summed E-state index contributed by atoms with van der Waals surface area (Å²) in [5.74, 6) is 0.271. The molecule has 6 rings (SSSR count). The molecule has 7 heteroatoms. The summed E-state index contributed by atoms with van der Waals surface area (Å²) in [4.78, 5) is 7.45. The minimum atomic E-state index is -0.906. The van der Waals surface area contributed by atoms with Crippen LogP contribution in [0.4, 0.5) is 0 Å². The smallest absolute Gasteiger partial charge is 0.115 e. The summed E-state index contributed by atoms with van der Waals surface area (Å²) >= 11 is 0. The van der Waals surface area contributed by atoms with Crippen LogP contribution in [0.5, 0.6) is 5.75 Å². The Kier molecular flexibility index (Phi) is 6.40. The van der Waals surface area contributed by atoms with Crippen LogP contribution in [-0.4, -0.2) is 58.5 Å². The Hall–Kier alpha value is -1.89. The van der Waals surface area contributed by atoms with Crippen LogP contribution < -0.4 is 0 Å². The maximum atomic E-state index is 12.5. The third kappa shape index (κ3) is 3.44. The second-order valence-corrected chi connectivity index (χ2v) is 9.49. The van der Waals surface area contributed by atoms with Crippen LogP contribution >= 0.6 is 24.8 Å². The van der Waals surface area contributed by atoms with Gasteiger partial charge in [0, 0.05) is 49.0 Å². The fourth-order valence-electron chi connectivity index (χ4n) is 6.57. The Morgan fingerprint density at radius 2 is 1.91 bits per heavy atom. The van der Waals surface area contributed by atoms with Gasteiger partial charge in [0.05, 0.1) is 17.7 Å². The molecule has 2 heterocycles. The van der Waals surface area contributed by atoms with Gasteiger partial charge in [-0.15, -0.1) is 24.8 Å². The number of likely N-dealkylation sites (tertiary alicyclic amines) is 1. The van der Waals surface area contributed by atoms with Crippen LogP contribution in [-0.2, 0) is 29.4 Å². The molecule has 1 saturated heterocycles. The number of aliphatic hydroxyl groups is 1. The number of piperidine rings is 1. The summed E-state index contributed by atoms with van der Waals surface area (Å²) in [6.07, 6.45) is 2.92. The number of methoxy groups -OCH3 is 1. The number of rotatable bonds is 3. The zero-order valence-electron chi connectivity index (χ0n) is 18.7. The van der Waals surface area contributed by atoms with Crippen LogP contribution in [0.1, 0.15) is 28.8 Å². The van der Waals surface area contributed by atoms with E-state index in [1.54, 1.807) is 13.2 Å². The number of aromatic nitrogens is 1. The van der Waals surface area contributed by atoms with Gasteiger partial charge in [0.2, 0.25) is 0 Å². The van der Waals surface area contributed by atoms with Gasteiger partial charge in [-0.2, -0.15) is 0 Å². The SMILES string of the molecule is COCCN1CC[C@]23Cc4nc5ccccc5cc4C[C@@]2(O)[C@H]1Cc1ccc(O)cc13.Cl.Cl. The van der Waals surface area contributed by atoms with E-state index in [1.165, 1.54) is 5.56 Å². The van der Waals surface area contributed by atoms with Crippen molar-refractivity contribution in [3.05, 3.63) is 70.9 Å². The topological polar surface area (TPSA) is 65.8 Å². The van der Waals surface area contributed by atoms with Gasteiger partial charge < -0.3 is 14.9 Å². The molecule has 5 nitrogen and oxygen atoms in total. The number of hydrogen-bond acceptors (Lipinski definition) is 5. The Labute approximate surface area is 206 Å². The number of hydrogen-bond donors (Lipinski definition) is 2. The summed E-state index contributed by atoms with van der Waals surface area (Å²) in [6, 6.07) is 16.2. The van der Waals surface area contributed by atoms with Gasteiger partial charge in [-0.3, -0.25) is 9.88 Å². The molecule has 2 aliphatic carbocycles. The molecule has 2 bridgehead atoms. The molecule has 3 aliphatic rings. The van der Waals surface area contributed by atoms with Crippen LogP contribution in [0.15, 0.2) is 48.5 Å². The lowest BCUT2D eigenvalue weighted by atomic mass is 9.49. The minimum absolute atomic E-state index is 0. The van der Waals surface area contributed by atoms with Crippen molar-refractivity contribution in [2.75, 3.05) is 26.8 Å². The highest BCUT2D eigenvalue weighted by Gasteiger charge is 2.64. The van der Waals surface area contributed by atoms with Gasteiger partial charge in [-0.25, -0.2) is 0 Å². The van der Waals surface area contributed by atoms with E-state index in [2.05, 4.69) is 23.1 Å². The normalized spacial score (nSPS) is 27.5. The molecule has 1 aromatic heterocycles. The highest BCUT2D eigenvalue weighted by Crippen LogP contribution is 2.57. The van der Waals surface area contributed by atoms with Crippen molar-refractivity contribution >= 4 is 35.7 Å². The largest absolute Gasteiger partial charge is 0.508 e. The number of halogens is 2. The Morgan fingerprint density at radius 3 is 2.73 bits per heavy atom. The van der Waals surface area contributed by atoms with Crippen molar-refractivity contribution in [1.29, 1.82) is 0 Å². The molecule has 3 aromatic rings. The lowest BCUT2D eigenvalue weighted by Crippen LogP contribution is -2.74. The fourth-order valence-corrected chi connectivity index (χ4v) is 6.57. The molecule has 2 aromatic carbocycles. The third-order valence-corrected chi connectivity index (χ3v) is 8.07. The van der Waals surface area contributed by atoms with Crippen molar-refractivity contribution in [2.45, 2.75) is 42.7 Å². The van der Waals surface area contributed by atoms with E-state index >= 15 is 0 Å². The number of pyridine rings is 1. The summed E-state index contributed by atoms with van der Waals surface area (Å²) < 4.78 is 5.37. The molecule has 0 spiro atoms. The molecule has 33 heavy (non-hydrogen) atoms. The maximum Gasteiger partial charge on any atom is 0.115 e. The average molecular weight is 489 g/mol. The van der Waals surface area contributed by atoms with Crippen molar-refractivity contribution in [2.24, 2.45) is 0 Å².